The van der Waals surface area contributed by atoms with E-state index in [1.165, 1.54) is 16.6 Å². The molecule has 7 heteroatoms. The fourth-order valence-corrected chi connectivity index (χ4v) is 4.15. The summed E-state index contributed by atoms with van der Waals surface area (Å²) < 4.78 is 32.4. The average Bonchev–Trinajstić information content (AvgIpc) is 2.77. The summed E-state index contributed by atoms with van der Waals surface area (Å²) in [6, 6.07) is 3.10. The van der Waals surface area contributed by atoms with Gasteiger partial charge in [-0.25, -0.2) is 13.4 Å². The minimum Gasteiger partial charge on any atom is -0.373 e. The molecular weight excluding hydrogens is 266 g/mol. The minimum absolute atomic E-state index is 0.0548. The van der Waals surface area contributed by atoms with Crippen molar-refractivity contribution in [3.8, 4) is 0 Å². The maximum absolute atomic E-state index is 12.6. The van der Waals surface area contributed by atoms with Crippen LogP contribution in [0.5, 0.6) is 0 Å². The van der Waals surface area contributed by atoms with Crippen molar-refractivity contribution in [1.82, 2.24) is 9.29 Å². The molecule has 2 fully saturated rings. The molecule has 3 heterocycles. The van der Waals surface area contributed by atoms with E-state index in [2.05, 4.69) is 10.3 Å². The number of ether oxygens (including phenoxy) is 1. The van der Waals surface area contributed by atoms with Crippen molar-refractivity contribution in [2.75, 3.05) is 25.5 Å². The molecule has 0 amide bonds. The maximum atomic E-state index is 12.6. The lowest BCUT2D eigenvalue weighted by atomic mass is 10.2. The van der Waals surface area contributed by atoms with Crippen molar-refractivity contribution in [1.29, 1.82) is 0 Å². The molecule has 2 unspecified atom stereocenters. The number of nitrogens with zero attached hydrogens (tertiary/aromatic N) is 2. The second-order valence-electron chi connectivity index (χ2n) is 4.91. The largest absolute Gasteiger partial charge is 0.373 e. The van der Waals surface area contributed by atoms with Gasteiger partial charge in [0, 0.05) is 32.4 Å². The van der Waals surface area contributed by atoms with Gasteiger partial charge in [0.1, 0.15) is 5.82 Å². The smallest absolute Gasteiger partial charge is 0.243 e. The SMILES string of the molecule is CNc1cc(S(=O)(=O)N2CC3CCC(C2)O3)ccn1. The molecule has 2 aliphatic heterocycles. The number of nitrogens with one attached hydrogen (secondary N) is 1. The molecule has 2 aliphatic rings. The molecule has 2 bridgehead atoms. The van der Waals surface area contributed by atoms with Gasteiger partial charge < -0.3 is 10.1 Å². The van der Waals surface area contributed by atoms with Crippen molar-refractivity contribution in [2.24, 2.45) is 0 Å². The number of fused-ring (bicyclic) bond motifs is 2. The number of sulfonamides is 1. The van der Waals surface area contributed by atoms with Crippen LogP contribution >= 0.6 is 0 Å². The van der Waals surface area contributed by atoms with E-state index < -0.39 is 10.0 Å². The van der Waals surface area contributed by atoms with Gasteiger partial charge in [0.25, 0.3) is 0 Å². The Kier molecular flexibility index (Phi) is 3.20. The van der Waals surface area contributed by atoms with Crippen molar-refractivity contribution < 1.29 is 13.2 Å². The summed E-state index contributed by atoms with van der Waals surface area (Å²) in [4.78, 5) is 4.33. The zero-order valence-electron chi connectivity index (χ0n) is 10.7. The van der Waals surface area contributed by atoms with Gasteiger partial charge >= 0.3 is 0 Å². The highest BCUT2D eigenvalue weighted by Crippen LogP contribution is 2.30. The zero-order chi connectivity index (χ0) is 13.5. The van der Waals surface area contributed by atoms with E-state index in [4.69, 9.17) is 4.74 Å². The van der Waals surface area contributed by atoms with E-state index >= 15 is 0 Å². The Morgan fingerprint density at radius 1 is 1.37 bits per heavy atom. The predicted octanol–water partition coefficient (Wildman–Crippen LogP) is 0.675. The normalized spacial score (nSPS) is 27.4. The summed E-state index contributed by atoms with van der Waals surface area (Å²) in [5.74, 6) is 0.553. The second-order valence-corrected chi connectivity index (χ2v) is 6.84. The Labute approximate surface area is 112 Å². The molecule has 2 atom stereocenters. The molecule has 1 aromatic rings. The first-order valence-corrected chi connectivity index (χ1v) is 7.83. The number of aromatic nitrogens is 1. The molecule has 104 valence electrons. The molecule has 2 saturated heterocycles. The van der Waals surface area contributed by atoms with Gasteiger partial charge in [-0.05, 0) is 18.9 Å². The number of anilines is 1. The van der Waals surface area contributed by atoms with Crippen LogP contribution in [0.3, 0.4) is 0 Å². The third-order valence-corrected chi connectivity index (χ3v) is 5.46. The summed E-state index contributed by atoms with van der Waals surface area (Å²) in [6.07, 6.45) is 3.52. The first-order valence-electron chi connectivity index (χ1n) is 6.39. The molecule has 0 radical (unpaired) electrons. The first kappa shape index (κ1) is 12.8. The highest BCUT2D eigenvalue weighted by atomic mass is 32.2. The van der Waals surface area contributed by atoms with Crippen LogP contribution in [0.4, 0.5) is 5.82 Å². The van der Waals surface area contributed by atoms with Crippen molar-refractivity contribution in [3.63, 3.8) is 0 Å². The third-order valence-electron chi connectivity index (χ3n) is 3.64. The summed E-state index contributed by atoms with van der Waals surface area (Å²) in [5.41, 5.74) is 0. The van der Waals surface area contributed by atoms with Crippen LogP contribution in [0, 0.1) is 0 Å². The Morgan fingerprint density at radius 3 is 2.68 bits per heavy atom. The van der Waals surface area contributed by atoms with Gasteiger partial charge in [-0.3, -0.25) is 0 Å². The monoisotopic (exact) mass is 283 g/mol. The van der Waals surface area contributed by atoms with Gasteiger partial charge in [0.2, 0.25) is 10.0 Å². The third kappa shape index (κ3) is 2.33. The van der Waals surface area contributed by atoms with Gasteiger partial charge in [-0.1, -0.05) is 0 Å². The number of hydrogen-bond donors (Lipinski definition) is 1. The van der Waals surface area contributed by atoms with E-state index in [1.807, 2.05) is 0 Å². The lowest BCUT2D eigenvalue weighted by Gasteiger charge is -2.31. The summed E-state index contributed by atoms with van der Waals surface area (Å²) in [6.45, 7) is 0.909. The lowest BCUT2D eigenvalue weighted by Crippen LogP contribution is -2.45. The molecule has 6 nitrogen and oxygen atoms in total. The minimum atomic E-state index is -3.45. The van der Waals surface area contributed by atoms with Gasteiger partial charge in [0.05, 0.1) is 17.1 Å². The van der Waals surface area contributed by atoms with E-state index in [9.17, 15) is 8.42 Å². The molecule has 0 saturated carbocycles. The standard InChI is InChI=1S/C12H17N3O3S/c1-13-12-6-11(4-5-14-12)19(16,17)15-7-9-2-3-10(8-15)18-9/h4-6,9-10H,2-3,7-8H2,1H3,(H,13,14). The van der Waals surface area contributed by atoms with Crippen LogP contribution in [0.2, 0.25) is 0 Å². The molecule has 0 aliphatic carbocycles. The van der Waals surface area contributed by atoms with Gasteiger partial charge in [-0.2, -0.15) is 4.31 Å². The quantitative estimate of drug-likeness (QED) is 0.883. The van der Waals surface area contributed by atoms with Crippen LogP contribution in [-0.2, 0) is 14.8 Å². The topological polar surface area (TPSA) is 71.5 Å². The molecule has 0 aromatic carbocycles. The predicted molar refractivity (Wildman–Crippen MR) is 70.4 cm³/mol. The molecule has 1 aromatic heterocycles. The number of morpholine rings is 1. The Balaban J connectivity index is 1.89. The number of rotatable bonds is 3. The highest BCUT2D eigenvalue weighted by molar-refractivity contribution is 7.89. The second kappa shape index (κ2) is 4.73. The summed E-state index contributed by atoms with van der Waals surface area (Å²) in [7, 11) is -1.73. The molecule has 0 spiro atoms. The van der Waals surface area contributed by atoms with Crippen molar-refractivity contribution in [3.05, 3.63) is 18.3 Å². The molecule has 19 heavy (non-hydrogen) atoms. The van der Waals surface area contributed by atoms with Gasteiger partial charge in [0.15, 0.2) is 0 Å². The van der Waals surface area contributed by atoms with Crippen molar-refractivity contribution in [2.45, 2.75) is 29.9 Å². The Bertz CT molecular complexity index is 563. The van der Waals surface area contributed by atoms with Crippen LogP contribution in [0.15, 0.2) is 23.2 Å². The first-order chi connectivity index (χ1) is 9.09. The fourth-order valence-electron chi connectivity index (χ4n) is 2.63. The average molecular weight is 283 g/mol. The van der Waals surface area contributed by atoms with Crippen molar-refractivity contribution >= 4 is 15.8 Å². The van der Waals surface area contributed by atoms with Crippen LogP contribution < -0.4 is 5.32 Å². The Morgan fingerprint density at radius 2 is 2.05 bits per heavy atom. The fraction of sp³-hybridized carbons (Fsp3) is 0.583. The van der Waals surface area contributed by atoms with E-state index in [1.54, 1.807) is 13.1 Å². The molecule has 3 rings (SSSR count). The molecule has 1 N–H and O–H groups in total. The summed E-state index contributed by atoms with van der Waals surface area (Å²) >= 11 is 0. The lowest BCUT2D eigenvalue weighted by molar-refractivity contribution is -0.0114. The zero-order valence-corrected chi connectivity index (χ0v) is 11.6. The van der Waals surface area contributed by atoms with Crippen LogP contribution in [-0.4, -0.2) is 50.1 Å². The Hall–Kier alpha value is -1.18. The number of hydrogen-bond acceptors (Lipinski definition) is 5. The van der Waals surface area contributed by atoms with Crippen LogP contribution in [0.25, 0.3) is 0 Å². The van der Waals surface area contributed by atoms with Crippen LogP contribution in [0.1, 0.15) is 12.8 Å². The van der Waals surface area contributed by atoms with E-state index in [0.717, 1.165) is 12.8 Å². The van der Waals surface area contributed by atoms with E-state index in [-0.39, 0.29) is 17.1 Å². The maximum Gasteiger partial charge on any atom is 0.243 e. The number of pyridine rings is 1. The summed E-state index contributed by atoms with van der Waals surface area (Å²) in [5, 5.41) is 2.85. The highest BCUT2D eigenvalue weighted by Gasteiger charge is 2.39. The van der Waals surface area contributed by atoms with Gasteiger partial charge in [-0.15, -0.1) is 0 Å². The van der Waals surface area contributed by atoms with E-state index in [0.29, 0.717) is 18.9 Å². The molecular formula is C12H17N3O3S.